The number of hydrogen-bond acceptors (Lipinski definition) is 3. The van der Waals surface area contributed by atoms with Crippen LogP contribution < -0.4 is 19.7 Å². The van der Waals surface area contributed by atoms with Gasteiger partial charge in [-0.3, -0.25) is 4.79 Å². The highest BCUT2D eigenvalue weighted by Gasteiger charge is 2.37. The van der Waals surface area contributed by atoms with Crippen molar-refractivity contribution >= 4 is 5.91 Å². The molecular formula is C23H30FN2O3+. The van der Waals surface area contributed by atoms with Crippen molar-refractivity contribution in [1.82, 2.24) is 5.32 Å². The van der Waals surface area contributed by atoms with E-state index in [4.69, 9.17) is 9.47 Å². The highest BCUT2D eigenvalue weighted by Crippen LogP contribution is 2.35. The third kappa shape index (κ3) is 4.70. The minimum absolute atomic E-state index is 0.0335. The van der Waals surface area contributed by atoms with Gasteiger partial charge in [-0.15, -0.1) is 0 Å². The highest BCUT2D eigenvalue weighted by molar-refractivity contribution is 5.75. The van der Waals surface area contributed by atoms with Crippen molar-refractivity contribution in [2.24, 2.45) is 0 Å². The molecule has 0 bridgehead atoms. The maximum absolute atomic E-state index is 13.3. The van der Waals surface area contributed by atoms with Crippen molar-refractivity contribution in [1.29, 1.82) is 0 Å². The molecule has 1 unspecified atom stereocenters. The van der Waals surface area contributed by atoms with Gasteiger partial charge in [0, 0.05) is 24.0 Å². The van der Waals surface area contributed by atoms with Crippen LogP contribution in [-0.4, -0.2) is 32.7 Å². The molecule has 0 spiro atoms. The first-order valence-corrected chi connectivity index (χ1v) is 10.1. The largest absolute Gasteiger partial charge is 0.493 e. The summed E-state index contributed by atoms with van der Waals surface area (Å²) in [6, 6.07) is 10.7. The van der Waals surface area contributed by atoms with E-state index in [1.165, 1.54) is 22.6 Å². The van der Waals surface area contributed by atoms with E-state index in [1.54, 1.807) is 14.2 Å². The monoisotopic (exact) mass is 401 g/mol. The zero-order valence-corrected chi connectivity index (χ0v) is 17.5. The van der Waals surface area contributed by atoms with Gasteiger partial charge in [-0.05, 0) is 36.8 Å². The van der Waals surface area contributed by atoms with Gasteiger partial charge in [-0.25, -0.2) is 4.39 Å². The lowest BCUT2D eigenvalue weighted by molar-refractivity contribution is -0.948. The molecule has 0 radical (unpaired) electrons. The fourth-order valence-electron chi connectivity index (χ4n) is 4.24. The van der Waals surface area contributed by atoms with Gasteiger partial charge >= 0.3 is 0 Å². The van der Waals surface area contributed by atoms with Crippen LogP contribution in [0, 0.1) is 5.82 Å². The van der Waals surface area contributed by atoms with Gasteiger partial charge < -0.3 is 19.7 Å². The normalized spacial score (nSPS) is 19.2. The van der Waals surface area contributed by atoms with Gasteiger partial charge in [0.05, 0.1) is 26.8 Å². The molecule has 1 aliphatic heterocycles. The Morgan fingerprint density at radius 1 is 1.21 bits per heavy atom. The number of fused-ring (bicyclic) bond motifs is 1. The number of halogens is 1. The van der Waals surface area contributed by atoms with Gasteiger partial charge in [0.1, 0.15) is 18.4 Å². The average molecular weight is 402 g/mol. The first-order valence-electron chi connectivity index (χ1n) is 10.1. The Hall–Kier alpha value is -2.60. The summed E-state index contributed by atoms with van der Waals surface area (Å²) < 4.78 is 24.3. The van der Waals surface area contributed by atoms with E-state index in [9.17, 15) is 9.18 Å². The number of nitrogens with one attached hydrogen (secondary N) is 2. The van der Waals surface area contributed by atoms with Crippen molar-refractivity contribution < 1.29 is 23.6 Å². The SMILES string of the molecule is CCC(=O)N[C@H](C)[C@H]1c2cc(OC)c(OC)cc2CC[NH+]1Cc1ccc(F)cc1. The smallest absolute Gasteiger partial charge is 0.220 e. The first-order chi connectivity index (χ1) is 14.0. The molecule has 2 N–H and O–H groups in total. The third-order valence-corrected chi connectivity index (χ3v) is 5.69. The molecule has 0 fully saturated rings. The average Bonchev–Trinajstić information content (AvgIpc) is 2.73. The van der Waals surface area contributed by atoms with Gasteiger partial charge in [0.15, 0.2) is 11.5 Å². The lowest BCUT2D eigenvalue weighted by Crippen LogP contribution is -3.13. The zero-order valence-electron chi connectivity index (χ0n) is 17.5. The van der Waals surface area contributed by atoms with Gasteiger partial charge in [0.2, 0.25) is 5.91 Å². The summed E-state index contributed by atoms with van der Waals surface area (Å²) in [5, 5.41) is 3.14. The topological polar surface area (TPSA) is 52.0 Å². The second-order valence-electron chi connectivity index (χ2n) is 7.55. The first kappa shape index (κ1) is 21.1. The van der Waals surface area contributed by atoms with Crippen LogP contribution in [0.15, 0.2) is 36.4 Å². The number of carbonyl (C=O) groups excluding carboxylic acids is 1. The van der Waals surface area contributed by atoms with Crippen LogP contribution in [0.1, 0.15) is 43.0 Å². The summed E-state index contributed by atoms with van der Waals surface area (Å²) in [7, 11) is 3.27. The van der Waals surface area contributed by atoms with Crippen LogP contribution in [-0.2, 0) is 17.8 Å². The predicted molar refractivity (Wildman–Crippen MR) is 110 cm³/mol. The maximum atomic E-state index is 13.3. The molecule has 3 atom stereocenters. The number of rotatable bonds is 7. The number of methoxy groups -OCH3 is 2. The molecule has 1 aliphatic rings. The highest BCUT2D eigenvalue weighted by atomic mass is 19.1. The van der Waals surface area contributed by atoms with E-state index in [2.05, 4.69) is 12.2 Å². The third-order valence-electron chi connectivity index (χ3n) is 5.69. The van der Waals surface area contributed by atoms with Crippen LogP contribution >= 0.6 is 0 Å². The predicted octanol–water partition coefficient (Wildman–Crippen LogP) is 2.44. The molecule has 0 saturated carbocycles. The molecule has 6 heteroatoms. The fourth-order valence-corrected chi connectivity index (χ4v) is 4.24. The van der Waals surface area contributed by atoms with Crippen molar-refractivity contribution in [3.8, 4) is 11.5 Å². The molecule has 2 aromatic rings. The van der Waals surface area contributed by atoms with Crippen LogP contribution in [0.5, 0.6) is 11.5 Å². The number of ether oxygens (including phenoxy) is 2. The quantitative estimate of drug-likeness (QED) is 0.749. The lowest BCUT2D eigenvalue weighted by atomic mass is 9.87. The van der Waals surface area contributed by atoms with Crippen LogP contribution in [0.4, 0.5) is 4.39 Å². The summed E-state index contributed by atoms with van der Waals surface area (Å²) in [6.45, 7) is 5.57. The van der Waals surface area contributed by atoms with E-state index in [-0.39, 0.29) is 23.8 Å². The summed E-state index contributed by atoms with van der Waals surface area (Å²) in [5.74, 6) is 1.21. The van der Waals surface area contributed by atoms with E-state index >= 15 is 0 Å². The number of hydrogen-bond donors (Lipinski definition) is 2. The summed E-state index contributed by atoms with van der Waals surface area (Å²) >= 11 is 0. The minimum Gasteiger partial charge on any atom is -0.493 e. The van der Waals surface area contributed by atoms with Crippen molar-refractivity contribution in [3.05, 3.63) is 58.9 Å². The Morgan fingerprint density at radius 3 is 2.48 bits per heavy atom. The number of benzene rings is 2. The molecular weight excluding hydrogens is 371 g/mol. The molecule has 0 saturated heterocycles. The van der Waals surface area contributed by atoms with Crippen LogP contribution in [0.3, 0.4) is 0 Å². The Labute approximate surface area is 171 Å². The number of carbonyl (C=O) groups is 1. The van der Waals surface area contributed by atoms with Crippen molar-refractivity contribution in [3.63, 3.8) is 0 Å². The molecule has 5 nitrogen and oxygen atoms in total. The Morgan fingerprint density at radius 2 is 1.86 bits per heavy atom. The molecule has 156 valence electrons. The molecule has 1 amide bonds. The fraction of sp³-hybridized carbons (Fsp3) is 0.435. The van der Waals surface area contributed by atoms with E-state index in [0.717, 1.165) is 36.4 Å². The summed E-state index contributed by atoms with van der Waals surface area (Å²) in [6.07, 6.45) is 1.35. The van der Waals surface area contributed by atoms with Crippen LogP contribution in [0.2, 0.25) is 0 Å². The Bertz CT molecular complexity index is 854. The molecule has 0 aliphatic carbocycles. The Kier molecular flexibility index (Phi) is 6.75. The van der Waals surface area contributed by atoms with E-state index < -0.39 is 0 Å². The summed E-state index contributed by atoms with van der Waals surface area (Å²) in [4.78, 5) is 13.4. The molecule has 0 aromatic heterocycles. The molecule has 2 aromatic carbocycles. The number of quaternary nitrogens is 1. The maximum Gasteiger partial charge on any atom is 0.220 e. The van der Waals surface area contributed by atoms with Gasteiger partial charge in [0.25, 0.3) is 0 Å². The van der Waals surface area contributed by atoms with Gasteiger partial charge in [-0.1, -0.05) is 19.1 Å². The second kappa shape index (κ2) is 9.27. The van der Waals surface area contributed by atoms with Crippen molar-refractivity contribution in [2.45, 2.75) is 45.3 Å². The zero-order chi connectivity index (χ0) is 21.0. The number of amides is 1. The molecule has 3 rings (SSSR count). The lowest BCUT2D eigenvalue weighted by Gasteiger charge is -2.38. The van der Waals surface area contributed by atoms with E-state index in [1.807, 2.05) is 31.2 Å². The van der Waals surface area contributed by atoms with Gasteiger partial charge in [-0.2, -0.15) is 0 Å². The minimum atomic E-state index is -0.232. The van der Waals surface area contributed by atoms with Crippen LogP contribution in [0.25, 0.3) is 0 Å². The standard InChI is InChI=1S/C23H29FN2O3/c1-5-22(27)25-15(2)23-19-13-21(29-4)20(28-3)12-17(19)10-11-26(23)14-16-6-8-18(24)9-7-16/h6-9,12-13,15,23H,5,10-11,14H2,1-4H3,(H,25,27)/p+1/t15-,23+/m1/s1. The van der Waals surface area contributed by atoms with Crippen molar-refractivity contribution in [2.75, 3.05) is 20.8 Å². The second-order valence-corrected chi connectivity index (χ2v) is 7.55. The molecule has 29 heavy (non-hydrogen) atoms. The Balaban J connectivity index is 1.98. The summed E-state index contributed by atoms with van der Waals surface area (Å²) in [5.41, 5.74) is 3.45. The molecule has 1 heterocycles. The van der Waals surface area contributed by atoms with E-state index in [0.29, 0.717) is 12.2 Å².